The number of hydrogen-bond acceptors (Lipinski definition) is 3. The third-order valence-corrected chi connectivity index (χ3v) is 0.211. The maximum atomic E-state index is 7.80. The molecule has 0 heterocycles. The van der Waals surface area contributed by atoms with Crippen LogP contribution in [-0.4, -0.2) is 21.6 Å². The van der Waals surface area contributed by atoms with Crippen LogP contribution >= 0.6 is 12.2 Å². The van der Waals surface area contributed by atoms with Gasteiger partial charge in [-0.25, -0.2) is 0 Å². The minimum atomic E-state index is -1.35. The topological polar surface area (TPSA) is 92.5 Å². The summed E-state index contributed by atoms with van der Waals surface area (Å²) in [6.07, 6.45) is -0.324. The van der Waals surface area contributed by atoms with Gasteiger partial charge >= 0.3 is 0 Å². The number of hydrogen-bond donors (Lipinski definition) is 4. The second-order valence-electron chi connectivity index (χ2n) is 1.05. The molecule has 0 aromatic heterocycles. The highest BCUT2D eigenvalue weighted by Crippen LogP contribution is 1.67. The summed E-state index contributed by atoms with van der Waals surface area (Å²) in [6.45, 7) is 3.06. The molecule has 0 amide bonds. The van der Waals surface area contributed by atoms with Crippen molar-refractivity contribution in [3.8, 4) is 0 Å². The summed E-state index contributed by atoms with van der Waals surface area (Å²) < 4.78 is 0. The first kappa shape index (κ1) is 11.2. The number of nitrogens with two attached hydrogens (primary N) is 2. The molecule has 0 saturated heterocycles. The first-order chi connectivity index (χ1) is 4.00. The van der Waals surface area contributed by atoms with Crippen LogP contribution in [0.2, 0.25) is 0 Å². The van der Waals surface area contributed by atoms with E-state index in [4.69, 9.17) is 10.2 Å². The summed E-state index contributed by atoms with van der Waals surface area (Å²) in [4.78, 5) is 0. The van der Waals surface area contributed by atoms with Gasteiger partial charge in [-0.1, -0.05) is 6.58 Å². The predicted octanol–water partition coefficient (Wildman–Crippen LogP) is -1.33. The van der Waals surface area contributed by atoms with E-state index in [0.717, 1.165) is 6.08 Å². The molecule has 0 aliphatic rings. The van der Waals surface area contributed by atoms with Gasteiger partial charge in [0.1, 0.15) is 0 Å². The van der Waals surface area contributed by atoms with Crippen LogP contribution < -0.4 is 11.5 Å². The van der Waals surface area contributed by atoms with Gasteiger partial charge < -0.3 is 21.7 Å². The molecule has 0 aliphatic carbocycles. The Morgan fingerprint density at radius 3 is 1.67 bits per heavy atom. The summed E-state index contributed by atoms with van der Waals surface area (Å²) in [7, 11) is 0. The Labute approximate surface area is 58.8 Å². The normalized spacial score (nSPS) is 7.44. The Hall–Kier alpha value is -0.650. The molecular weight excluding hydrogens is 140 g/mol. The van der Waals surface area contributed by atoms with Gasteiger partial charge in [0.15, 0.2) is 11.4 Å². The van der Waals surface area contributed by atoms with Gasteiger partial charge in [-0.2, -0.15) is 0 Å². The lowest BCUT2D eigenvalue weighted by molar-refractivity contribution is 0.00266. The zero-order valence-corrected chi connectivity index (χ0v) is 5.64. The standard InChI is InChI=1S/C3H6O2.CH4N2S/c1-2-3(4)5;2-1(3)4/h2-5H,1H2;(H4,2,3,4). The minimum Gasteiger partial charge on any atom is -0.377 e. The van der Waals surface area contributed by atoms with E-state index < -0.39 is 6.29 Å². The molecule has 0 aliphatic heterocycles. The first-order valence-electron chi connectivity index (χ1n) is 2.04. The first-order valence-corrected chi connectivity index (χ1v) is 2.45. The van der Waals surface area contributed by atoms with Crippen molar-refractivity contribution < 1.29 is 10.2 Å². The molecule has 0 bridgehead atoms. The van der Waals surface area contributed by atoms with Gasteiger partial charge in [0.2, 0.25) is 0 Å². The SMILES string of the molecule is C=CC(O)O.NC(N)=S. The van der Waals surface area contributed by atoms with Crippen LogP contribution in [0.5, 0.6) is 0 Å². The summed E-state index contributed by atoms with van der Waals surface area (Å²) in [5, 5.41) is 15.6. The molecule has 0 unspecified atom stereocenters. The second-order valence-corrected chi connectivity index (χ2v) is 1.52. The van der Waals surface area contributed by atoms with Gasteiger partial charge in [0.05, 0.1) is 0 Å². The summed E-state index contributed by atoms with van der Waals surface area (Å²) in [5.41, 5.74) is 9.24. The molecule has 0 aromatic carbocycles. The number of aliphatic hydroxyl groups is 2. The van der Waals surface area contributed by atoms with Crippen LogP contribution in [0, 0.1) is 0 Å². The summed E-state index contributed by atoms with van der Waals surface area (Å²) >= 11 is 4.09. The maximum Gasteiger partial charge on any atom is 0.170 e. The number of rotatable bonds is 1. The average molecular weight is 150 g/mol. The van der Waals surface area contributed by atoms with Crippen molar-refractivity contribution in [1.82, 2.24) is 0 Å². The van der Waals surface area contributed by atoms with Crippen molar-refractivity contribution >= 4 is 17.3 Å². The molecule has 0 rings (SSSR count). The van der Waals surface area contributed by atoms with E-state index in [2.05, 4.69) is 30.3 Å². The fraction of sp³-hybridized carbons (Fsp3) is 0.250. The van der Waals surface area contributed by atoms with Crippen molar-refractivity contribution in [3.63, 3.8) is 0 Å². The lowest BCUT2D eigenvalue weighted by atomic mass is 10.6. The molecule has 9 heavy (non-hydrogen) atoms. The Balaban J connectivity index is 0. The van der Waals surface area contributed by atoms with E-state index in [1.165, 1.54) is 0 Å². The van der Waals surface area contributed by atoms with E-state index in [1.54, 1.807) is 0 Å². The van der Waals surface area contributed by atoms with Gasteiger partial charge in [-0.05, 0) is 18.3 Å². The molecule has 6 N–H and O–H groups in total. The Morgan fingerprint density at radius 2 is 1.67 bits per heavy atom. The van der Waals surface area contributed by atoms with Gasteiger partial charge in [0.25, 0.3) is 0 Å². The summed E-state index contributed by atoms with van der Waals surface area (Å²) in [5.74, 6) is 0. The second kappa shape index (κ2) is 7.35. The molecule has 4 nitrogen and oxygen atoms in total. The Morgan fingerprint density at radius 1 is 1.56 bits per heavy atom. The molecule has 0 radical (unpaired) electrons. The van der Waals surface area contributed by atoms with Crippen molar-refractivity contribution in [3.05, 3.63) is 12.7 Å². The van der Waals surface area contributed by atoms with E-state index in [1.807, 2.05) is 0 Å². The molecule has 0 saturated carbocycles. The smallest absolute Gasteiger partial charge is 0.170 e. The Bertz CT molecular complexity index is 90.6. The number of aliphatic hydroxyl groups excluding tert-OH is 1. The predicted molar refractivity (Wildman–Crippen MR) is 39.4 cm³/mol. The molecule has 54 valence electrons. The van der Waals surface area contributed by atoms with E-state index in [0.29, 0.717) is 0 Å². The van der Waals surface area contributed by atoms with Crippen molar-refractivity contribution in [2.75, 3.05) is 0 Å². The lowest BCUT2D eigenvalue weighted by Gasteiger charge is -1.84. The van der Waals surface area contributed by atoms with Crippen LogP contribution in [0.25, 0.3) is 0 Å². The molecule has 0 aromatic rings. The highest BCUT2D eigenvalue weighted by molar-refractivity contribution is 7.80. The molecule has 0 atom stereocenters. The van der Waals surface area contributed by atoms with Gasteiger partial charge in [0, 0.05) is 0 Å². The third kappa shape index (κ3) is 115. The molecule has 0 spiro atoms. The van der Waals surface area contributed by atoms with Gasteiger partial charge in [-0.3, -0.25) is 0 Å². The van der Waals surface area contributed by atoms with Crippen LogP contribution in [0.3, 0.4) is 0 Å². The highest BCUT2D eigenvalue weighted by Gasteiger charge is 1.76. The largest absolute Gasteiger partial charge is 0.377 e. The van der Waals surface area contributed by atoms with E-state index >= 15 is 0 Å². The van der Waals surface area contributed by atoms with Crippen molar-refractivity contribution in [2.24, 2.45) is 11.5 Å². The fourth-order valence-corrected chi connectivity index (χ4v) is 0. The Kier molecular flexibility index (Phi) is 9.14. The fourth-order valence-electron chi connectivity index (χ4n) is 0. The average Bonchev–Trinajstić information content (AvgIpc) is 1.65. The molecule has 0 fully saturated rings. The van der Waals surface area contributed by atoms with Crippen molar-refractivity contribution in [2.45, 2.75) is 6.29 Å². The quantitative estimate of drug-likeness (QED) is 0.211. The maximum absolute atomic E-state index is 7.80. The van der Waals surface area contributed by atoms with Crippen molar-refractivity contribution in [1.29, 1.82) is 0 Å². The highest BCUT2D eigenvalue weighted by atomic mass is 32.1. The van der Waals surface area contributed by atoms with Crippen LogP contribution in [0.1, 0.15) is 0 Å². The number of thiocarbonyl (C=S) groups is 1. The monoisotopic (exact) mass is 150 g/mol. The van der Waals surface area contributed by atoms with E-state index in [-0.39, 0.29) is 5.11 Å². The zero-order chi connectivity index (χ0) is 7.86. The summed E-state index contributed by atoms with van der Waals surface area (Å²) in [6, 6.07) is 0. The zero-order valence-electron chi connectivity index (χ0n) is 4.82. The molecular formula is C4H10N2O2S. The van der Waals surface area contributed by atoms with Gasteiger partial charge in [-0.15, -0.1) is 0 Å². The third-order valence-electron chi connectivity index (χ3n) is 0.211. The van der Waals surface area contributed by atoms with E-state index in [9.17, 15) is 0 Å². The minimum absolute atomic E-state index is 0.000000000000000222. The van der Waals surface area contributed by atoms with Crippen LogP contribution in [0.15, 0.2) is 12.7 Å². The lowest BCUT2D eigenvalue weighted by Crippen LogP contribution is -2.18. The molecule has 5 heteroatoms. The van der Waals surface area contributed by atoms with Crippen LogP contribution in [-0.2, 0) is 0 Å². The van der Waals surface area contributed by atoms with Crippen LogP contribution in [0.4, 0.5) is 0 Å².